The molecule has 1 fully saturated rings. The maximum absolute atomic E-state index is 3.56. The molecule has 0 aromatic heterocycles. The summed E-state index contributed by atoms with van der Waals surface area (Å²) >= 11 is 3.56. The molecule has 100 valence electrons. The van der Waals surface area contributed by atoms with Crippen molar-refractivity contribution < 1.29 is 0 Å². The number of likely N-dealkylation sites (tertiary alicyclic amines) is 1. The molecular weight excluding hydrogens is 288 g/mol. The number of hydrogen-bond acceptors (Lipinski definition) is 2. The van der Waals surface area contributed by atoms with Crippen LogP contribution < -0.4 is 5.32 Å². The second-order valence-electron chi connectivity index (χ2n) is 5.67. The highest BCUT2D eigenvalue weighted by atomic mass is 79.9. The Kier molecular flexibility index (Phi) is 4.46. The van der Waals surface area contributed by atoms with E-state index in [0.717, 1.165) is 6.54 Å². The molecular formula is C15H23BrN2. The number of nitrogens with one attached hydrogen (secondary N) is 1. The molecule has 1 aromatic rings. The monoisotopic (exact) mass is 310 g/mol. The molecule has 1 aliphatic rings. The molecule has 0 amide bonds. The van der Waals surface area contributed by atoms with Gasteiger partial charge in [0.1, 0.15) is 0 Å². The molecule has 2 rings (SSSR count). The van der Waals surface area contributed by atoms with Crippen molar-refractivity contribution in [3.8, 4) is 0 Å². The Hall–Kier alpha value is -0.380. The average Bonchev–Trinajstić information content (AvgIpc) is 2.37. The third kappa shape index (κ3) is 3.34. The molecule has 3 heteroatoms. The van der Waals surface area contributed by atoms with Crippen LogP contribution in [-0.2, 0) is 6.54 Å². The van der Waals surface area contributed by atoms with Gasteiger partial charge in [0.05, 0.1) is 0 Å². The largest absolute Gasteiger partial charge is 0.314 e. The molecule has 0 bridgehead atoms. The van der Waals surface area contributed by atoms with Crippen molar-refractivity contribution in [2.75, 3.05) is 20.1 Å². The van der Waals surface area contributed by atoms with E-state index >= 15 is 0 Å². The fourth-order valence-electron chi connectivity index (χ4n) is 2.52. The molecule has 18 heavy (non-hydrogen) atoms. The minimum absolute atomic E-state index is 0.339. The van der Waals surface area contributed by atoms with Crippen LogP contribution in [0.5, 0.6) is 0 Å². The fraction of sp³-hybridized carbons (Fsp3) is 0.600. The smallest absolute Gasteiger partial charge is 0.0233 e. The SMILES string of the molecule is CNC1(C)CCN(Cc2ccc(Br)c(C)c2)CC1. The zero-order chi connectivity index (χ0) is 13.2. The van der Waals surface area contributed by atoms with Crippen molar-refractivity contribution in [1.29, 1.82) is 0 Å². The quantitative estimate of drug-likeness (QED) is 0.921. The third-order valence-corrected chi connectivity index (χ3v) is 5.08. The zero-order valence-corrected chi connectivity index (χ0v) is 13.2. The number of aryl methyl sites for hydroxylation is 1. The van der Waals surface area contributed by atoms with E-state index in [-0.39, 0.29) is 0 Å². The molecule has 0 saturated carbocycles. The lowest BCUT2D eigenvalue weighted by Crippen LogP contribution is -2.49. The van der Waals surface area contributed by atoms with Gasteiger partial charge in [-0.25, -0.2) is 0 Å². The van der Waals surface area contributed by atoms with Crippen molar-refractivity contribution in [3.05, 3.63) is 33.8 Å². The second-order valence-corrected chi connectivity index (χ2v) is 6.52. The maximum Gasteiger partial charge on any atom is 0.0233 e. The number of benzene rings is 1. The van der Waals surface area contributed by atoms with Gasteiger partial charge >= 0.3 is 0 Å². The lowest BCUT2D eigenvalue weighted by Gasteiger charge is -2.39. The summed E-state index contributed by atoms with van der Waals surface area (Å²) in [6, 6.07) is 6.67. The Morgan fingerprint density at radius 3 is 2.56 bits per heavy atom. The maximum atomic E-state index is 3.56. The van der Waals surface area contributed by atoms with Gasteiger partial charge in [0.15, 0.2) is 0 Å². The van der Waals surface area contributed by atoms with Gasteiger partial charge in [-0.3, -0.25) is 4.90 Å². The molecule has 0 atom stereocenters. The Labute approximate surface area is 119 Å². The van der Waals surface area contributed by atoms with E-state index < -0.39 is 0 Å². The summed E-state index contributed by atoms with van der Waals surface area (Å²) in [4.78, 5) is 2.56. The first-order valence-electron chi connectivity index (χ1n) is 6.69. The Morgan fingerprint density at radius 2 is 2.00 bits per heavy atom. The van der Waals surface area contributed by atoms with Gasteiger partial charge in [-0.2, -0.15) is 0 Å². The van der Waals surface area contributed by atoms with Gasteiger partial charge in [0, 0.05) is 29.6 Å². The summed E-state index contributed by atoms with van der Waals surface area (Å²) in [6.07, 6.45) is 2.47. The molecule has 1 aromatic carbocycles. The first-order chi connectivity index (χ1) is 8.52. The molecule has 1 aliphatic heterocycles. The van der Waals surface area contributed by atoms with Crippen molar-refractivity contribution in [2.24, 2.45) is 0 Å². The molecule has 0 radical (unpaired) electrons. The highest BCUT2D eigenvalue weighted by molar-refractivity contribution is 9.10. The van der Waals surface area contributed by atoms with E-state index in [9.17, 15) is 0 Å². The fourth-order valence-corrected chi connectivity index (χ4v) is 2.76. The minimum atomic E-state index is 0.339. The predicted molar refractivity (Wildman–Crippen MR) is 80.9 cm³/mol. The molecule has 1 saturated heterocycles. The second kappa shape index (κ2) is 5.72. The third-order valence-electron chi connectivity index (χ3n) is 4.19. The first-order valence-corrected chi connectivity index (χ1v) is 7.48. The molecule has 1 N–H and O–H groups in total. The standard InChI is InChI=1S/C15H23BrN2/c1-12-10-13(4-5-14(12)16)11-18-8-6-15(2,17-3)7-9-18/h4-5,10,17H,6-9,11H2,1-3H3. The van der Waals surface area contributed by atoms with E-state index in [1.54, 1.807) is 0 Å². The zero-order valence-electron chi connectivity index (χ0n) is 11.6. The van der Waals surface area contributed by atoms with E-state index in [2.05, 4.69) is 65.2 Å². The van der Waals surface area contributed by atoms with Crippen molar-refractivity contribution in [1.82, 2.24) is 10.2 Å². The number of piperidine rings is 1. The highest BCUT2D eigenvalue weighted by Gasteiger charge is 2.27. The lowest BCUT2D eigenvalue weighted by atomic mass is 9.90. The number of hydrogen-bond donors (Lipinski definition) is 1. The van der Waals surface area contributed by atoms with E-state index in [0.29, 0.717) is 5.54 Å². The van der Waals surface area contributed by atoms with Gasteiger partial charge in [-0.1, -0.05) is 28.1 Å². The minimum Gasteiger partial charge on any atom is -0.314 e. The van der Waals surface area contributed by atoms with Crippen LogP contribution in [0.1, 0.15) is 30.9 Å². The van der Waals surface area contributed by atoms with E-state index in [1.165, 1.54) is 41.5 Å². The molecule has 0 aliphatic carbocycles. The average molecular weight is 311 g/mol. The topological polar surface area (TPSA) is 15.3 Å². The van der Waals surface area contributed by atoms with Crippen molar-refractivity contribution in [3.63, 3.8) is 0 Å². The number of rotatable bonds is 3. The Bertz CT molecular complexity index is 409. The van der Waals surface area contributed by atoms with Crippen LogP contribution in [0.15, 0.2) is 22.7 Å². The van der Waals surface area contributed by atoms with Crippen LogP contribution in [0.2, 0.25) is 0 Å². The van der Waals surface area contributed by atoms with Crippen LogP contribution in [0.25, 0.3) is 0 Å². The highest BCUT2D eigenvalue weighted by Crippen LogP contribution is 2.23. The van der Waals surface area contributed by atoms with Gasteiger partial charge in [0.25, 0.3) is 0 Å². The van der Waals surface area contributed by atoms with Crippen LogP contribution in [0, 0.1) is 6.92 Å². The summed E-state index contributed by atoms with van der Waals surface area (Å²) in [7, 11) is 2.08. The summed E-state index contributed by atoms with van der Waals surface area (Å²) in [5, 5.41) is 3.45. The molecule has 1 heterocycles. The van der Waals surface area contributed by atoms with Gasteiger partial charge in [-0.15, -0.1) is 0 Å². The first kappa shape index (κ1) is 14.0. The molecule has 0 unspecified atom stereocenters. The Morgan fingerprint density at radius 1 is 1.33 bits per heavy atom. The normalized spacial score (nSPS) is 20.0. The molecule has 0 spiro atoms. The summed E-state index contributed by atoms with van der Waals surface area (Å²) < 4.78 is 1.20. The van der Waals surface area contributed by atoms with Crippen LogP contribution in [0.3, 0.4) is 0 Å². The number of halogens is 1. The molecule has 2 nitrogen and oxygen atoms in total. The van der Waals surface area contributed by atoms with Crippen molar-refractivity contribution in [2.45, 2.75) is 38.8 Å². The van der Waals surface area contributed by atoms with E-state index in [1.807, 2.05) is 0 Å². The number of nitrogens with zero attached hydrogens (tertiary/aromatic N) is 1. The lowest BCUT2D eigenvalue weighted by molar-refractivity contribution is 0.146. The van der Waals surface area contributed by atoms with Crippen LogP contribution in [-0.4, -0.2) is 30.6 Å². The van der Waals surface area contributed by atoms with Crippen molar-refractivity contribution >= 4 is 15.9 Å². The van der Waals surface area contributed by atoms with Gasteiger partial charge in [0.2, 0.25) is 0 Å². The summed E-state index contributed by atoms with van der Waals surface area (Å²) in [5.74, 6) is 0. The predicted octanol–water partition coefficient (Wildman–Crippen LogP) is 3.33. The van der Waals surface area contributed by atoms with Crippen LogP contribution >= 0.6 is 15.9 Å². The summed E-state index contributed by atoms with van der Waals surface area (Å²) in [5.41, 5.74) is 3.08. The van der Waals surface area contributed by atoms with Gasteiger partial charge < -0.3 is 5.32 Å². The summed E-state index contributed by atoms with van der Waals surface area (Å²) in [6.45, 7) is 7.93. The Balaban J connectivity index is 1.93. The van der Waals surface area contributed by atoms with Crippen LogP contribution in [0.4, 0.5) is 0 Å². The van der Waals surface area contributed by atoms with E-state index in [4.69, 9.17) is 0 Å². The van der Waals surface area contributed by atoms with Gasteiger partial charge in [-0.05, 0) is 50.9 Å².